The molecule has 3 fully saturated rings. The van der Waals surface area contributed by atoms with Crippen LogP contribution < -0.4 is 5.32 Å². The lowest BCUT2D eigenvalue weighted by Crippen LogP contribution is -2.51. The molecule has 34 heavy (non-hydrogen) atoms. The molecule has 188 valence electrons. The number of nitrogens with one attached hydrogen (secondary N) is 1. The molecular weight excluding hydrogens is 436 g/mol. The molecule has 7 atom stereocenters. The number of hydrogen-bond donors (Lipinski definition) is 3. The minimum absolute atomic E-state index is 0.144. The number of aliphatic hydroxyl groups is 1. The zero-order valence-corrected chi connectivity index (χ0v) is 20.5. The Morgan fingerprint density at radius 2 is 1.91 bits per heavy atom. The first-order chi connectivity index (χ1) is 16.1. The fourth-order valence-electron chi connectivity index (χ4n) is 7.91. The normalized spacial score (nSPS) is 38.7. The molecule has 3 saturated carbocycles. The third kappa shape index (κ3) is 4.30. The predicted octanol–water partition coefficient (Wildman–Crippen LogP) is 3.09. The van der Waals surface area contributed by atoms with Gasteiger partial charge in [0.1, 0.15) is 11.8 Å². The van der Waals surface area contributed by atoms with E-state index in [1.807, 2.05) is 0 Å². The van der Waals surface area contributed by atoms with E-state index < -0.39 is 31.1 Å². The quantitative estimate of drug-likeness (QED) is 0.487. The van der Waals surface area contributed by atoms with E-state index in [-0.39, 0.29) is 16.7 Å². The van der Waals surface area contributed by atoms with Gasteiger partial charge in [-0.05, 0) is 93.0 Å². The Morgan fingerprint density at radius 3 is 2.59 bits per heavy atom. The Kier molecular flexibility index (Phi) is 6.91. The first-order valence-electron chi connectivity index (χ1n) is 12.6. The summed E-state index contributed by atoms with van der Waals surface area (Å²) in [6.07, 6.45) is 10.6. The van der Waals surface area contributed by atoms with Crippen LogP contribution in [-0.4, -0.2) is 52.8 Å². The van der Waals surface area contributed by atoms with E-state index in [1.165, 1.54) is 18.4 Å². The highest BCUT2D eigenvalue weighted by atomic mass is 16.6. The van der Waals surface area contributed by atoms with Crippen LogP contribution in [0.2, 0.25) is 0 Å². The number of fused-ring (bicyclic) bond motifs is 5. The first-order valence-corrected chi connectivity index (χ1v) is 12.6. The Morgan fingerprint density at radius 1 is 1.15 bits per heavy atom. The van der Waals surface area contributed by atoms with Crippen LogP contribution in [-0.2, 0) is 19.2 Å². The van der Waals surface area contributed by atoms with E-state index in [2.05, 4.69) is 30.4 Å². The van der Waals surface area contributed by atoms with Crippen LogP contribution in [0.4, 0.5) is 0 Å². The molecule has 0 aromatic carbocycles. The number of carboxylic acid groups (broad SMARTS) is 1. The number of amides is 1. The maximum absolute atomic E-state index is 12.3. The van der Waals surface area contributed by atoms with E-state index in [4.69, 9.17) is 15.1 Å². The molecule has 0 aromatic rings. The number of ketones is 1. The molecule has 0 unspecified atom stereocenters. The molecule has 0 spiro atoms. The SMILES string of the molecule is CC(=O)[C@H]1CC[C@H]2[C@@H]3CCC4=CC(=NOCC(=O)N[C@H](CO)C(=O)O)CC[C@]4(C)[C@H]3CC[C@]12C. The van der Waals surface area contributed by atoms with Crippen LogP contribution in [0.1, 0.15) is 72.1 Å². The van der Waals surface area contributed by atoms with E-state index >= 15 is 0 Å². The maximum atomic E-state index is 12.3. The number of oxime groups is 1. The van der Waals surface area contributed by atoms with Gasteiger partial charge in [-0.2, -0.15) is 0 Å². The second kappa shape index (κ2) is 9.44. The van der Waals surface area contributed by atoms with Crippen molar-refractivity contribution in [1.82, 2.24) is 5.32 Å². The molecule has 8 nitrogen and oxygen atoms in total. The fraction of sp³-hybridized carbons (Fsp3) is 0.769. The van der Waals surface area contributed by atoms with Crippen LogP contribution in [0.3, 0.4) is 0 Å². The van der Waals surface area contributed by atoms with Crippen molar-refractivity contribution in [2.75, 3.05) is 13.2 Å². The van der Waals surface area contributed by atoms with Crippen LogP contribution in [0, 0.1) is 34.5 Å². The molecule has 0 bridgehead atoms. The molecule has 0 radical (unpaired) electrons. The van der Waals surface area contributed by atoms with Gasteiger partial charge in [-0.1, -0.05) is 24.6 Å². The Bertz CT molecular complexity index is 913. The highest BCUT2D eigenvalue weighted by Crippen LogP contribution is 2.66. The van der Waals surface area contributed by atoms with Crippen molar-refractivity contribution in [3.8, 4) is 0 Å². The van der Waals surface area contributed by atoms with Gasteiger partial charge in [-0.25, -0.2) is 4.79 Å². The van der Waals surface area contributed by atoms with Crippen LogP contribution >= 0.6 is 0 Å². The average molecular weight is 475 g/mol. The standard InChI is InChI=1S/C26H38N2O6/c1-15(30)19-6-7-20-18-5-4-16-12-17(28-34-14-23(31)27-22(13-29)24(32)33)8-10-25(16,2)21(18)9-11-26(19,20)3/h12,18-22,29H,4-11,13-14H2,1-3H3,(H,27,31)(H,32,33)/t18-,19+,20-,21-,22+,25-,26+/m0/s1. The Balaban J connectivity index is 1.41. The molecule has 0 saturated heterocycles. The summed E-state index contributed by atoms with van der Waals surface area (Å²) in [5.41, 5.74) is 2.54. The third-order valence-corrected chi connectivity index (χ3v) is 9.66. The van der Waals surface area contributed by atoms with Crippen molar-refractivity contribution >= 4 is 23.4 Å². The molecule has 1 amide bonds. The largest absolute Gasteiger partial charge is 0.480 e. The number of carbonyl (C=O) groups excluding carboxylic acids is 2. The maximum Gasteiger partial charge on any atom is 0.328 e. The van der Waals surface area contributed by atoms with Crippen molar-refractivity contribution in [2.45, 2.75) is 78.2 Å². The third-order valence-electron chi connectivity index (χ3n) is 9.66. The molecule has 0 aromatic heterocycles. The lowest BCUT2D eigenvalue weighted by atomic mass is 9.46. The Labute approximate surface area is 201 Å². The lowest BCUT2D eigenvalue weighted by molar-refractivity contribution is -0.143. The van der Waals surface area contributed by atoms with Gasteiger partial charge in [0.15, 0.2) is 6.61 Å². The second-order valence-electron chi connectivity index (χ2n) is 11.3. The molecule has 8 heteroatoms. The summed E-state index contributed by atoms with van der Waals surface area (Å²) in [5.74, 6) is 0.619. The smallest absolute Gasteiger partial charge is 0.328 e. The van der Waals surface area contributed by atoms with Gasteiger partial charge in [0.05, 0.1) is 12.3 Å². The monoisotopic (exact) mass is 474 g/mol. The number of carbonyl (C=O) groups is 3. The van der Waals surface area contributed by atoms with Crippen LogP contribution in [0.15, 0.2) is 16.8 Å². The minimum Gasteiger partial charge on any atom is -0.480 e. The molecule has 4 rings (SSSR count). The summed E-state index contributed by atoms with van der Waals surface area (Å²) in [6, 6.07) is -1.35. The van der Waals surface area contributed by atoms with Gasteiger partial charge in [-0.15, -0.1) is 0 Å². The van der Waals surface area contributed by atoms with Gasteiger partial charge >= 0.3 is 5.97 Å². The number of aliphatic carboxylic acids is 1. The summed E-state index contributed by atoms with van der Waals surface area (Å²) >= 11 is 0. The van der Waals surface area contributed by atoms with Crippen LogP contribution in [0.25, 0.3) is 0 Å². The molecule has 4 aliphatic rings. The van der Waals surface area contributed by atoms with Crippen molar-refractivity contribution < 1.29 is 29.4 Å². The average Bonchev–Trinajstić information content (AvgIpc) is 3.15. The summed E-state index contributed by atoms with van der Waals surface area (Å²) in [4.78, 5) is 40.3. The van der Waals surface area contributed by atoms with Crippen molar-refractivity contribution in [3.05, 3.63) is 11.6 Å². The second-order valence-corrected chi connectivity index (χ2v) is 11.3. The highest BCUT2D eigenvalue weighted by molar-refractivity contribution is 5.96. The van der Waals surface area contributed by atoms with E-state index in [1.54, 1.807) is 6.92 Å². The summed E-state index contributed by atoms with van der Waals surface area (Å²) in [7, 11) is 0. The van der Waals surface area contributed by atoms with Crippen molar-refractivity contribution in [3.63, 3.8) is 0 Å². The number of rotatable bonds is 7. The Hall–Kier alpha value is -2.22. The minimum atomic E-state index is -1.35. The molecule has 3 N–H and O–H groups in total. The lowest BCUT2D eigenvalue weighted by Gasteiger charge is -2.58. The van der Waals surface area contributed by atoms with Crippen molar-refractivity contribution in [1.29, 1.82) is 0 Å². The van der Waals surface area contributed by atoms with Gasteiger partial charge in [0.25, 0.3) is 5.91 Å². The zero-order chi connectivity index (χ0) is 24.7. The van der Waals surface area contributed by atoms with Gasteiger partial charge in [0, 0.05) is 5.92 Å². The fourth-order valence-corrected chi connectivity index (χ4v) is 7.91. The van der Waals surface area contributed by atoms with Gasteiger partial charge in [-0.3, -0.25) is 9.59 Å². The predicted molar refractivity (Wildman–Crippen MR) is 126 cm³/mol. The number of carboxylic acids is 1. The molecule has 0 heterocycles. The van der Waals surface area contributed by atoms with Crippen molar-refractivity contribution in [2.24, 2.45) is 39.7 Å². The van der Waals surface area contributed by atoms with E-state index in [0.29, 0.717) is 23.5 Å². The number of hydrogen-bond acceptors (Lipinski definition) is 6. The first kappa shape index (κ1) is 24.9. The molecule has 0 aliphatic heterocycles. The summed E-state index contributed by atoms with van der Waals surface area (Å²) < 4.78 is 0. The van der Waals surface area contributed by atoms with Crippen LogP contribution in [0.5, 0.6) is 0 Å². The summed E-state index contributed by atoms with van der Waals surface area (Å²) in [5, 5.41) is 24.3. The molecular formula is C26H38N2O6. The van der Waals surface area contributed by atoms with Gasteiger partial charge in [0.2, 0.25) is 0 Å². The molecule has 4 aliphatic carbocycles. The number of nitrogens with zero attached hydrogens (tertiary/aromatic N) is 1. The number of aliphatic hydroxyl groups excluding tert-OH is 1. The zero-order valence-electron chi connectivity index (χ0n) is 20.5. The number of allylic oxidation sites excluding steroid dienone is 2. The topological polar surface area (TPSA) is 125 Å². The van der Waals surface area contributed by atoms with E-state index in [9.17, 15) is 14.4 Å². The van der Waals surface area contributed by atoms with Gasteiger partial charge < -0.3 is 20.4 Å². The summed E-state index contributed by atoms with van der Waals surface area (Å²) in [6.45, 7) is 5.48. The highest BCUT2D eigenvalue weighted by Gasteiger charge is 2.59. The van der Waals surface area contributed by atoms with E-state index in [0.717, 1.165) is 44.2 Å². The number of Topliss-reactive ketones (excluding diaryl/α,β-unsaturated/α-hetero) is 1.